The highest BCUT2D eigenvalue weighted by atomic mass is 35.5. The number of halogens is 1. The van der Waals surface area contributed by atoms with Crippen molar-refractivity contribution in [2.75, 3.05) is 0 Å². The summed E-state index contributed by atoms with van der Waals surface area (Å²) in [6.07, 6.45) is 0. The van der Waals surface area contributed by atoms with Crippen LogP contribution in [-0.2, 0) is 6.61 Å². The molecule has 0 spiro atoms. The third-order valence-corrected chi connectivity index (χ3v) is 3.28. The number of hydrogen-bond donors (Lipinski definition) is 0. The van der Waals surface area contributed by atoms with Crippen LogP contribution in [0.2, 0.25) is 5.02 Å². The van der Waals surface area contributed by atoms with Crippen LogP contribution >= 0.6 is 11.6 Å². The van der Waals surface area contributed by atoms with Crippen molar-refractivity contribution in [2.45, 2.75) is 6.61 Å². The van der Waals surface area contributed by atoms with Crippen LogP contribution < -0.4 is 4.74 Å². The summed E-state index contributed by atoms with van der Waals surface area (Å²) >= 11 is 6.00. The maximum Gasteiger partial charge on any atom is 0.189 e. The van der Waals surface area contributed by atoms with E-state index in [-0.39, 0.29) is 12.3 Å². The van der Waals surface area contributed by atoms with Crippen LogP contribution in [0.15, 0.2) is 54.6 Å². The van der Waals surface area contributed by atoms with Gasteiger partial charge in [0, 0.05) is 5.02 Å². The van der Waals surface area contributed by atoms with Crippen molar-refractivity contribution < 1.29 is 4.74 Å². The third-order valence-electron chi connectivity index (χ3n) is 3.04. The van der Waals surface area contributed by atoms with Gasteiger partial charge in [0.2, 0.25) is 0 Å². The lowest BCUT2D eigenvalue weighted by molar-refractivity contribution is 0.297. The van der Waals surface area contributed by atoms with Crippen LogP contribution in [0.5, 0.6) is 5.75 Å². The standard InChI is InChI=1S/C16H11ClN4O/c17-12-5-4-6-13(9-12)21-16(15(10-18)19-20-21)11-22-14-7-2-1-3-8-14/h1-9H,11H2. The van der Waals surface area contributed by atoms with Crippen LogP contribution in [-0.4, -0.2) is 15.0 Å². The summed E-state index contributed by atoms with van der Waals surface area (Å²) in [5, 5.41) is 17.7. The molecule has 5 nitrogen and oxygen atoms in total. The normalized spacial score (nSPS) is 10.2. The van der Waals surface area contributed by atoms with Gasteiger partial charge in [0.05, 0.1) is 5.69 Å². The van der Waals surface area contributed by atoms with Gasteiger partial charge in [-0.3, -0.25) is 0 Å². The maximum atomic E-state index is 9.18. The van der Waals surface area contributed by atoms with Crippen LogP contribution in [0.1, 0.15) is 11.4 Å². The van der Waals surface area contributed by atoms with E-state index in [0.717, 1.165) is 5.69 Å². The number of rotatable bonds is 4. The zero-order valence-electron chi connectivity index (χ0n) is 11.5. The second kappa shape index (κ2) is 6.29. The Labute approximate surface area is 132 Å². The molecule has 0 atom stereocenters. The number of hydrogen-bond acceptors (Lipinski definition) is 4. The Kier molecular flexibility index (Phi) is 4.03. The van der Waals surface area contributed by atoms with E-state index in [1.54, 1.807) is 16.8 Å². The molecule has 0 saturated carbocycles. The Bertz CT molecular complexity index is 824. The molecule has 2 aromatic carbocycles. The molecule has 3 rings (SSSR count). The fourth-order valence-corrected chi connectivity index (χ4v) is 2.19. The molecule has 0 radical (unpaired) electrons. The Balaban J connectivity index is 1.93. The van der Waals surface area contributed by atoms with Crippen molar-refractivity contribution in [1.82, 2.24) is 15.0 Å². The molecule has 1 aromatic heterocycles. The van der Waals surface area contributed by atoms with Crippen LogP contribution in [0.25, 0.3) is 5.69 Å². The molecule has 0 aliphatic heterocycles. The summed E-state index contributed by atoms with van der Waals surface area (Å²) in [6, 6.07) is 18.6. The average molecular weight is 311 g/mol. The van der Waals surface area contributed by atoms with E-state index in [4.69, 9.17) is 16.3 Å². The fourth-order valence-electron chi connectivity index (χ4n) is 2.00. The van der Waals surface area contributed by atoms with E-state index in [9.17, 15) is 5.26 Å². The predicted octanol–water partition coefficient (Wildman–Crippen LogP) is 3.37. The molecule has 22 heavy (non-hydrogen) atoms. The van der Waals surface area contributed by atoms with E-state index in [1.807, 2.05) is 48.5 Å². The number of ether oxygens (including phenoxy) is 1. The van der Waals surface area contributed by atoms with Gasteiger partial charge in [-0.15, -0.1) is 5.10 Å². The largest absolute Gasteiger partial charge is 0.487 e. The lowest BCUT2D eigenvalue weighted by atomic mass is 10.3. The highest BCUT2D eigenvalue weighted by Crippen LogP contribution is 2.19. The lowest BCUT2D eigenvalue weighted by Gasteiger charge is -2.09. The van der Waals surface area contributed by atoms with E-state index in [0.29, 0.717) is 16.5 Å². The summed E-state index contributed by atoms with van der Waals surface area (Å²) in [7, 11) is 0. The topological polar surface area (TPSA) is 63.7 Å². The molecule has 0 bridgehead atoms. The third kappa shape index (κ3) is 2.92. The van der Waals surface area contributed by atoms with Crippen LogP contribution in [0.3, 0.4) is 0 Å². The predicted molar refractivity (Wildman–Crippen MR) is 81.9 cm³/mol. The molecule has 108 valence electrons. The minimum Gasteiger partial charge on any atom is -0.487 e. The summed E-state index contributed by atoms with van der Waals surface area (Å²) in [5.41, 5.74) is 1.54. The van der Waals surface area contributed by atoms with Gasteiger partial charge in [-0.05, 0) is 30.3 Å². The van der Waals surface area contributed by atoms with Gasteiger partial charge < -0.3 is 4.74 Å². The van der Waals surface area contributed by atoms with E-state index >= 15 is 0 Å². The highest BCUT2D eigenvalue weighted by Gasteiger charge is 2.15. The molecule has 1 heterocycles. The molecule has 3 aromatic rings. The zero-order valence-corrected chi connectivity index (χ0v) is 12.2. The molecule has 0 saturated heterocycles. The van der Waals surface area contributed by atoms with Gasteiger partial charge in [-0.1, -0.05) is 41.1 Å². The average Bonchev–Trinajstić information content (AvgIpc) is 2.97. The van der Waals surface area contributed by atoms with Gasteiger partial charge in [0.1, 0.15) is 24.1 Å². The number of para-hydroxylation sites is 1. The second-order valence-corrected chi connectivity index (χ2v) is 4.93. The van der Waals surface area contributed by atoms with Crippen molar-refractivity contribution >= 4 is 11.6 Å². The summed E-state index contributed by atoms with van der Waals surface area (Å²) in [5.74, 6) is 0.713. The van der Waals surface area contributed by atoms with Crippen molar-refractivity contribution in [3.05, 3.63) is 71.0 Å². The van der Waals surface area contributed by atoms with Crippen LogP contribution in [0.4, 0.5) is 0 Å². The maximum absolute atomic E-state index is 9.18. The Hall–Kier alpha value is -2.84. The first-order chi connectivity index (χ1) is 10.8. The molecule has 0 N–H and O–H groups in total. The van der Waals surface area contributed by atoms with E-state index in [1.165, 1.54) is 0 Å². The highest BCUT2D eigenvalue weighted by molar-refractivity contribution is 6.30. The summed E-state index contributed by atoms with van der Waals surface area (Å²) in [6.45, 7) is 0.187. The van der Waals surface area contributed by atoms with Crippen molar-refractivity contribution in [3.63, 3.8) is 0 Å². The molecular weight excluding hydrogens is 300 g/mol. The molecule has 0 unspecified atom stereocenters. The Morgan fingerprint density at radius 3 is 2.68 bits per heavy atom. The Morgan fingerprint density at radius 2 is 1.95 bits per heavy atom. The lowest BCUT2D eigenvalue weighted by Crippen LogP contribution is -2.07. The monoisotopic (exact) mass is 310 g/mol. The van der Waals surface area contributed by atoms with Crippen molar-refractivity contribution in [2.24, 2.45) is 0 Å². The summed E-state index contributed by atoms with van der Waals surface area (Å²) in [4.78, 5) is 0. The van der Waals surface area contributed by atoms with Gasteiger partial charge in [0.15, 0.2) is 5.69 Å². The second-order valence-electron chi connectivity index (χ2n) is 4.49. The number of aromatic nitrogens is 3. The van der Waals surface area contributed by atoms with Crippen molar-refractivity contribution in [1.29, 1.82) is 5.26 Å². The molecule has 6 heteroatoms. The van der Waals surface area contributed by atoms with Gasteiger partial charge in [-0.25, -0.2) is 4.68 Å². The number of nitriles is 1. The fraction of sp³-hybridized carbons (Fsp3) is 0.0625. The molecular formula is C16H11ClN4O. The van der Waals surface area contributed by atoms with Gasteiger partial charge in [0.25, 0.3) is 0 Å². The first-order valence-electron chi connectivity index (χ1n) is 6.56. The molecule has 0 amide bonds. The minimum absolute atomic E-state index is 0.187. The van der Waals surface area contributed by atoms with Crippen molar-refractivity contribution in [3.8, 4) is 17.5 Å². The van der Waals surface area contributed by atoms with E-state index in [2.05, 4.69) is 10.3 Å². The molecule has 0 aliphatic rings. The zero-order chi connectivity index (χ0) is 15.4. The SMILES string of the molecule is N#Cc1nnn(-c2cccc(Cl)c2)c1COc1ccccc1. The quantitative estimate of drug-likeness (QED) is 0.741. The van der Waals surface area contributed by atoms with E-state index < -0.39 is 0 Å². The van der Waals surface area contributed by atoms with Gasteiger partial charge in [-0.2, -0.15) is 5.26 Å². The minimum atomic E-state index is 0.187. The Morgan fingerprint density at radius 1 is 1.14 bits per heavy atom. The first-order valence-corrected chi connectivity index (χ1v) is 6.94. The number of benzene rings is 2. The van der Waals surface area contributed by atoms with Gasteiger partial charge >= 0.3 is 0 Å². The smallest absolute Gasteiger partial charge is 0.189 e. The molecule has 0 aliphatic carbocycles. The summed E-state index contributed by atoms with van der Waals surface area (Å²) < 4.78 is 7.26. The first kappa shape index (κ1) is 14.1. The number of nitrogens with zero attached hydrogens (tertiary/aromatic N) is 4. The molecule has 0 fully saturated rings. The van der Waals surface area contributed by atoms with Crippen LogP contribution in [0, 0.1) is 11.3 Å².